The molecule has 4 aromatic rings. The second-order valence-corrected chi connectivity index (χ2v) is 9.84. The average molecular weight is 529 g/mol. The summed E-state index contributed by atoms with van der Waals surface area (Å²) in [5.74, 6) is 1.12. The number of hydrogen-bond acceptors (Lipinski definition) is 6. The van der Waals surface area contributed by atoms with Crippen molar-refractivity contribution in [3.63, 3.8) is 0 Å². The van der Waals surface area contributed by atoms with E-state index >= 15 is 0 Å². The Balaban J connectivity index is 1.52. The van der Waals surface area contributed by atoms with Crippen LogP contribution >= 0.6 is 0 Å². The summed E-state index contributed by atoms with van der Waals surface area (Å²) in [6.07, 6.45) is 1.42. The lowest BCUT2D eigenvalue weighted by atomic mass is 9.99. The fourth-order valence-corrected chi connectivity index (χ4v) is 5.19. The molecule has 3 aromatic carbocycles. The molecule has 0 unspecified atom stereocenters. The number of carboxylic acid groups (broad SMARTS) is 1. The lowest BCUT2D eigenvalue weighted by molar-refractivity contribution is -0.139. The van der Waals surface area contributed by atoms with Crippen LogP contribution in [0, 0.1) is 17.7 Å². The Morgan fingerprint density at radius 2 is 1.82 bits per heavy atom. The first-order valence-electron chi connectivity index (χ1n) is 12.9. The van der Waals surface area contributed by atoms with E-state index in [1.165, 1.54) is 0 Å². The molecule has 5 rings (SSSR count). The van der Waals surface area contributed by atoms with Crippen molar-refractivity contribution in [1.82, 2.24) is 14.5 Å². The molecule has 5 N–H and O–H groups in total. The van der Waals surface area contributed by atoms with Crippen LogP contribution in [0.2, 0.25) is 0 Å². The van der Waals surface area contributed by atoms with Crippen LogP contribution in [-0.2, 0) is 11.3 Å². The third-order valence-corrected chi connectivity index (χ3v) is 7.20. The van der Waals surface area contributed by atoms with Crippen molar-refractivity contribution in [2.24, 2.45) is 5.73 Å². The number of piperidine rings is 1. The van der Waals surface area contributed by atoms with Crippen molar-refractivity contribution >= 4 is 39.4 Å². The van der Waals surface area contributed by atoms with Gasteiger partial charge in [0.25, 0.3) is 0 Å². The number of nitrogens with zero attached hydrogens (tertiary/aromatic N) is 3. The van der Waals surface area contributed by atoms with Crippen LogP contribution in [-0.4, -0.2) is 63.0 Å². The van der Waals surface area contributed by atoms with Crippen LogP contribution in [0.3, 0.4) is 0 Å². The SMILES string of the molecule is CC(=N)N1CCC(Oc2cc3c(cc2OCC(=O)O)nc(C)n3Cc2ccc(C(=N)N)c3ccccc23)CC1. The molecule has 202 valence electrons. The van der Waals surface area contributed by atoms with Gasteiger partial charge in [-0.15, -0.1) is 0 Å². The number of fused-ring (bicyclic) bond motifs is 2. The fourth-order valence-electron chi connectivity index (χ4n) is 5.19. The minimum Gasteiger partial charge on any atom is -0.486 e. The predicted octanol–water partition coefficient (Wildman–Crippen LogP) is 4.13. The summed E-state index contributed by atoms with van der Waals surface area (Å²) in [5, 5.41) is 27.0. The summed E-state index contributed by atoms with van der Waals surface area (Å²) in [5.41, 5.74) is 9.11. The van der Waals surface area contributed by atoms with Gasteiger partial charge in [-0.3, -0.25) is 10.8 Å². The monoisotopic (exact) mass is 528 g/mol. The first-order chi connectivity index (χ1) is 18.7. The Labute approximate surface area is 226 Å². The van der Waals surface area contributed by atoms with Crippen molar-refractivity contribution in [2.75, 3.05) is 19.7 Å². The van der Waals surface area contributed by atoms with Gasteiger partial charge in [0.2, 0.25) is 0 Å². The highest BCUT2D eigenvalue weighted by molar-refractivity contribution is 6.08. The standard InChI is InChI=1S/C29H32N6O4/c1-17(30)34-11-9-20(10-12-34)39-27-14-25-24(13-26(27)38-16-28(36)37)33-18(2)35(25)15-19-7-8-23(29(31)32)22-6-4-3-5-21(19)22/h3-8,13-14,20,30H,9-12,15-16H2,1-2H3,(H3,31,32)(H,36,37). The van der Waals surface area contributed by atoms with Crippen molar-refractivity contribution in [3.05, 3.63) is 65.5 Å². The molecule has 0 atom stereocenters. The minimum absolute atomic E-state index is 0.0271. The molecule has 1 saturated heterocycles. The van der Waals surface area contributed by atoms with Crippen LogP contribution in [0.15, 0.2) is 48.5 Å². The number of aromatic nitrogens is 2. The number of likely N-dealkylation sites (tertiary alicyclic amines) is 1. The van der Waals surface area contributed by atoms with Gasteiger partial charge in [-0.05, 0) is 30.2 Å². The number of ether oxygens (including phenoxy) is 2. The number of rotatable bonds is 8. The first kappa shape index (κ1) is 26.0. The van der Waals surface area contributed by atoms with Gasteiger partial charge in [0.05, 0.1) is 16.9 Å². The Kier molecular flexibility index (Phi) is 7.10. The van der Waals surface area contributed by atoms with E-state index < -0.39 is 12.6 Å². The molecule has 1 fully saturated rings. The minimum atomic E-state index is -1.07. The molecule has 0 aliphatic carbocycles. The largest absolute Gasteiger partial charge is 0.486 e. The second-order valence-electron chi connectivity index (χ2n) is 9.84. The van der Waals surface area contributed by atoms with E-state index in [4.69, 9.17) is 31.0 Å². The van der Waals surface area contributed by atoms with Crippen LogP contribution < -0.4 is 15.2 Å². The Morgan fingerprint density at radius 3 is 2.49 bits per heavy atom. The molecule has 1 aliphatic heterocycles. The lowest BCUT2D eigenvalue weighted by Crippen LogP contribution is -2.40. The smallest absolute Gasteiger partial charge is 0.341 e. The van der Waals surface area contributed by atoms with Gasteiger partial charge >= 0.3 is 5.97 Å². The number of aliphatic carboxylic acids is 1. The normalized spacial score (nSPS) is 14.1. The van der Waals surface area contributed by atoms with Gasteiger partial charge in [-0.2, -0.15) is 0 Å². The van der Waals surface area contributed by atoms with Gasteiger partial charge in [-0.25, -0.2) is 9.78 Å². The maximum atomic E-state index is 11.2. The van der Waals surface area contributed by atoms with E-state index in [-0.39, 0.29) is 11.9 Å². The molecule has 39 heavy (non-hydrogen) atoms. The fraction of sp³-hybridized carbons (Fsp3) is 0.310. The number of carbonyl (C=O) groups is 1. The summed E-state index contributed by atoms with van der Waals surface area (Å²) in [6.45, 7) is 5.23. The molecule has 1 aromatic heterocycles. The van der Waals surface area contributed by atoms with Crippen molar-refractivity contribution in [2.45, 2.75) is 39.3 Å². The Hall–Kier alpha value is -4.60. The Bertz CT molecular complexity index is 1590. The zero-order valence-corrected chi connectivity index (χ0v) is 22.0. The predicted molar refractivity (Wildman–Crippen MR) is 150 cm³/mol. The first-order valence-corrected chi connectivity index (χ1v) is 12.9. The molecule has 0 spiro atoms. The highest BCUT2D eigenvalue weighted by Gasteiger charge is 2.24. The highest BCUT2D eigenvalue weighted by atomic mass is 16.5. The molecule has 0 saturated carbocycles. The van der Waals surface area contributed by atoms with Crippen LogP contribution in [0.25, 0.3) is 21.8 Å². The van der Waals surface area contributed by atoms with Gasteiger partial charge in [0.15, 0.2) is 18.1 Å². The summed E-state index contributed by atoms with van der Waals surface area (Å²) < 4.78 is 14.1. The molecule has 10 nitrogen and oxygen atoms in total. The number of amidine groups is 2. The van der Waals surface area contributed by atoms with Gasteiger partial charge in [0.1, 0.15) is 17.8 Å². The highest BCUT2D eigenvalue weighted by Crippen LogP contribution is 2.35. The maximum Gasteiger partial charge on any atom is 0.341 e. The topological polar surface area (TPSA) is 151 Å². The van der Waals surface area contributed by atoms with E-state index in [1.807, 2.05) is 54.3 Å². The number of hydrogen-bond donors (Lipinski definition) is 4. The quantitative estimate of drug-likeness (QED) is 0.198. The Morgan fingerprint density at radius 1 is 1.10 bits per heavy atom. The molecule has 10 heteroatoms. The molecule has 0 radical (unpaired) electrons. The number of nitrogens with one attached hydrogen (secondary N) is 2. The summed E-state index contributed by atoms with van der Waals surface area (Å²) in [4.78, 5) is 18.0. The van der Waals surface area contributed by atoms with Crippen molar-refractivity contribution in [1.29, 1.82) is 10.8 Å². The molecule has 0 bridgehead atoms. The number of carboxylic acids is 1. The lowest BCUT2D eigenvalue weighted by Gasteiger charge is -2.33. The zero-order valence-electron chi connectivity index (χ0n) is 22.0. The van der Waals surface area contributed by atoms with Gasteiger partial charge in [0, 0.05) is 50.2 Å². The zero-order chi connectivity index (χ0) is 27.7. The van der Waals surface area contributed by atoms with Crippen LogP contribution in [0.4, 0.5) is 0 Å². The van der Waals surface area contributed by atoms with E-state index in [2.05, 4.69) is 4.57 Å². The van der Waals surface area contributed by atoms with Crippen molar-refractivity contribution < 1.29 is 19.4 Å². The van der Waals surface area contributed by atoms with E-state index in [9.17, 15) is 9.90 Å². The summed E-state index contributed by atoms with van der Waals surface area (Å²) in [6, 6.07) is 15.4. The third-order valence-electron chi connectivity index (χ3n) is 7.20. The third kappa shape index (κ3) is 5.36. The molecule has 1 aliphatic rings. The number of imidazole rings is 1. The maximum absolute atomic E-state index is 11.2. The van der Waals surface area contributed by atoms with E-state index in [1.54, 1.807) is 13.0 Å². The molecule has 2 heterocycles. The van der Waals surface area contributed by atoms with Crippen LogP contribution in [0.1, 0.15) is 36.7 Å². The molecular formula is C29H32N6O4. The van der Waals surface area contributed by atoms with Crippen molar-refractivity contribution in [3.8, 4) is 11.5 Å². The summed E-state index contributed by atoms with van der Waals surface area (Å²) >= 11 is 0. The second kappa shape index (κ2) is 10.6. The van der Waals surface area contributed by atoms with E-state index in [0.717, 1.165) is 53.6 Å². The van der Waals surface area contributed by atoms with E-state index in [0.29, 0.717) is 35.0 Å². The van der Waals surface area contributed by atoms with Gasteiger partial charge < -0.3 is 29.8 Å². The molecule has 0 amide bonds. The van der Waals surface area contributed by atoms with Crippen LogP contribution in [0.5, 0.6) is 11.5 Å². The summed E-state index contributed by atoms with van der Waals surface area (Å²) in [7, 11) is 0. The average Bonchev–Trinajstić information content (AvgIpc) is 3.21. The number of nitrogens with two attached hydrogens (primary N) is 1. The number of nitrogen functional groups attached to an aromatic ring is 1. The number of aryl methyl sites for hydroxylation is 1. The van der Waals surface area contributed by atoms with Gasteiger partial charge in [-0.1, -0.05) is 36.4 Å². The molecular weight excluding hydrogens is 496 g/mol. The number of benzene rings is 3.